The van der Waals surface area contributed by atoms with Crippen molar-refractivity contribution in [1.82, 2.24) is 0 Å². The Hall–Kier alpha value is -0.460. The number of hydrogen-bond acceptors (Lipinski definition) is 1. The molecular formula is C7H11O-. The zero-order valence-electron chi connectivity index (χ0n) is 5.24. The molecule has 0 aromatic carbocycles. The molecule has 0 atom stereocenters. The molecule has 0 fully saturated rings. The minimum Gasteiger partial charge on any atom is -0.875 e. The summed E-state index contributed by atoms with van der Waals surface area (Å²) < 4.78 is 0. The molecule has 0 spiro atoms. The second kappa shape index (κ2) is 2.21. The highest BCUT2D eigenvalue weighted by Crippen LogP contribution is 2.19. The van der Waals surface area contributed by atoms with Gasteiger partial charge in [-0.2, -0.15) is 0 Å². The molecule has 1 rings (SSSR count). The highest BCUT2D eigenvalue weighted by molar-refractivity contribution is 5.05. The van der Waals surface area contributed by atoms with E-state index in [4.69, 9.17) is 0 Å². The van der Waals surface area contributed by atoms with E-state index < -0.39 is 0 Å². The predicted octanol–water partition coefficient (Wildman–Crippen LogP) is 1.19. The molecule has 0 radical (unpaired) electrons. The molecule has 0 amide bonds. The molecule has 0 unspecified atom stereocenters. The van der Waals surface area contributed by atoms with Gasteiger partial charge in [0.1, 0.15) is 0 Å². The molecule has 1 nitrogen and oxygen atoms in total. The Labute approximate surface area is 50.0 Å². The fourth-order valence-corrected chi connectivity index (χ4v) is 1.03. The van der Waals surface area contributed by atoms with E-state index in [9.17, 15) is 5.11 Å². The second-order valence-electron chi connectivity index (χ2n) is 2.41. The number of rotatable bonds is 0. The summed E-state index contributed by atoms with van der Waals surface area (Å²) in [6.45, 7) is 1.95. The molecule has 0 N–H and O–H groups in total. The normalized spacial score (nSPS) is 21.6. The van der Waals surface area contributed by atoms with Crippen LogP contribution < -0.4 is 5.11 Å². The minimum atomic E-state index is 0.385. The molecule has 1 aliphatic rings. The molecule has 0 bridgehead atoms. The van der Waals surface area contributed by atoms with Crippen LogP contribution in [0.25, 0.3) is 0 Å². The van der Waals surface area contributed by atoms with E-state index in [0.29, 0.717) is 5.76 Å². The Balaban J connectivity index is 2.60. The van der Waals surface area contributed by atoms with Crippen molar-refractivity contribution in [3.05, 3.63) is 11.3 Å². The lowest BCUT2D eigenvalue weighted by Gasteiger charge is -2.21. The highest BCUT2D eigenvalue weighted by atomic mass is 16.3. The van der Waals surface area contributed by atoms with Gasteiger partial charge in [0.05, 0.1) is 0 Å². The van der Waals surface area contributed by atoms with E-state index in [-0.39, 0.29) is 0 Å². The van der Waals surface area contributed by atoms with Gasteiger partial charge in [-0.3, -0.25) is 0 Å². The Morgan fingerprint density at radius 2 is 1.88 bits per heavy atom. The van der Waals surface area contributed by atoms with Crippen LogP contribution in [0.4, 0.5) is 0 Å². The topological polar surface area (TPSA) is 23.1 Å². The van der Waals surface area contributed by atoms with Gasteiger partial charge < -0.3 is 5.11 Å². The van der Waals surface area contributed by atoms with Crippen LogP contribution in [0.3, 0.4) is 0 Å². The van der Waals surface area contributed by atoms with E-state index in [1.165, 1.54) is 6.42 Å². The first-order valence-electron chi connectivity index (χ1n) is 3.16. The van der Waals surface area contributed by atoms with Gasteiger partial charge in [0.2, 0.25) is 0 Å². The maximum atomic E-state index is 10.8. The van der Waals surface area contributed by atoms with E-state index in [2.05, 4.69) is 0 Å². The Bertz CT molecular complexity index is 99.6. The standard InChI is InChI=1S/C7H12O/c1-6-4-2-3-5-7(6)8/h8H,2-5H2,1H3/p-1. The minimum absolute atomic E-state index is 0.385. The first-order valence-corrected chi connectivity index (χ1v) is 3.16. The third kappa shape index (κ3) is 1.03. The van der Waals surface area contributed by atoms with Gasteiger partial charge in [0.25, 0.3) is 0 Å². The van der Waals surface area contributed by atoms with Crippen molar-refractivity contribution in [3.8, 4) is 0 Å². The van der Waals surface area contributed by atoms with Crippen LogP contribution in [0.15, 0.2) is 11.3 Å². The van der Waals surface area contributed by atoms with Gasteiger partial charge in [-0.1, -0.05) is 12.0 Å². The first kappa shape index (κ1) is 5.67. The summed E-state index contributed by atoms with van der Waals surface area (Å²) >= 11 is 0. The lowest BCUT2D eigenvalue weighted by Crippen LogP contribution is -2.09. The first-order chi connectivity index (χ1) is 3.80. The monoisotopic (exact) mass is 111 g/mol. The van der Waals surface area contributed by atoms with Gasteiger partial charge in [0, 0.05) is 0 Å². The van der Waals surface area contributed by atoms with Crippen molar-refractivity contribution in [2.45, 2.75) is 32.6 Å². The molecule has 0 aromatic rings. The molecule has 1 heteroatoms. The van der Waals surface area contributed by atoms with E-state index in [1.807, 2.05) is 6.92 Å². The lowest BCUT2D eigenvalue weighted by molar-refractivity contribution is -0.309. The SMILES string of the molecule is CC1=C([O-])CCCC1. The maximum Gasteiger partial charge on any atom is -0.0329 e. The summed E-state index contributed by atoms with van der Waals surface area (Å²) in [4.78, 5) is 0. The van der Waals surface area contributed by atoms with Crippen LogP contribution in [-0.2, 0) is 0 Å². The zero-order valence-corrected chi connectivity index (χ0v) is 5.24. The average molecular weight is 111 g/mol. The summed E-state index contributed by atoms with van der Waals surface area (Å²) in [5.41, 5.74) is 1.08. The Morgan fingerprint density at radius 1 is 1.25 bits per heavy atom. The number of hydrogen-bond donors (Lipinski definition) is 0. The van der Waals surface area contributed by atoms with Gasteiger partial charge in [-0.25, -0.2) is 0 Å². The third-order valence-electron chi connectivity index (χ3n) is 1.68. The Morgan fingerprint density at radius 3 is 2.25 bits per heavy atom. The van der Waals surface area contributed by atoms with Crippen molar-refractivity contribution in [1.29, 1.82) is 0 Å². The van der Waals surface area contributed by atoms with E-state index in [1.54, 1.807) is 0 Å². The van der Waals surface area contributed by atoms with Crippen LogP contribution in [0, 0.1) is 0 Å². The van der Waals surface area contributed by atoms with E-state index >= 15 is 0 Å². The molecule has 46 valence electrons. The molecule has 0 aromatic heterocycles. The van der Waals surface area contributed by atoms with Crippen molar-refractivity contribution >= 4 is 0 Å². The van der Waals surface area contributed by atoms with Crippen molar-refractivity contribution < 1.29 is 5.11 Å². The van der Waals surface area contributed by atoms with Crippen LogP contribution >= 0.6 is 0 Å². The molecule has 0 saturated carbocycles. The largest absolute Gasteiger partial charge is 0.875 e. The fraction of sp³-hybridized carbons (Fsp3) is 0.714. The van der Waals surface area contributed by atoms with Crippen molar-refractivity contribution in [2.75, 3.05) is 0 Å². The van der Waals surface area contributed by atoms with Gasteiger partial charge in [0.15, 0.2) is 0 Å². The van der Waals surface area contributed by atoms with Gasteiger partial charge >= 0.3 is 0 Å². The summed E-state index contributed by atoms with van der Waals surface area (Å²) in [5.74, 6) is 0.385. The molecule has 0 heterocycles. The lowest BCUT2D eigenvalue weighted by atomic mass is 9.99. The molecular weight excluding hydrogens is 100 g/mol. The van der Waals surface area contributed by atoms with Crippen LogP contribution in [0.1, 0.15) is 32.6 Å². The van der Waals surface area contributed by atoms with Crippen LogP contribution in [0.2, 0.25) is 0 Å². The van der Waals surface area contributed by atoms with Crippen LogP contribution in [0.5, 0.6) is 0 Å². The second-order valence-corrected chi connectivity index (χ2v) is 2.41. The number of allylic oxidation sites excluding steroid dienone is 2. The van der Waals surface area contributed by atoms with Crippen molar-refractivity contribution in [2.24, 2.45) is 0 Å². The smallest absolute Gasteiger partial charge is 0.0329 e. The summed E-state index contributed by atoms with van der Waals surface area (Å²) in [7, 11) is 0. The fourth-order valence-electron chi connectivity index (χ4n) is 1.03. The summed E-state index contributed by atoms with van der Waals surface area (Å²) in [6, 6.07) is 0. The molecule has 0 saturated heterocycles. The third-order valence-corrected chi connectivity index (χ3v) is 1.68. The summed E-state index contributed by atoms with van der Waals surface area (Å²) in [6.07, 6.45) is 4.17. The summed E-state index contributed by atoms with van der Waals surface area (Å²) in [5, 5.41) is 10.8. The molecule has 8 heavy (non-hydrogen) atoms. The maximum absolute atomic E-state index is 10.8. The predicted molar refractivity (Wildman–Crippen MR) is 31.2 cm³/mol. The average Bonchev–Trinajstić information content (AvgIpc) is 1.77. The highest BCUT2D eigenvalue weighted by Gasteiger charge is 1.98. The Kier molecular flexibility index (Phi) is 1.56. The zero-order chi connectivity index (χ0) is 5.98. The van der Waals surface area contributed by atoms with Gasteiger partial charge in [-0.05, 0) is 26.2 Å². The van der Waals surface area contributed by atoms with Crippen molar-refractivity contribution in [3.63, 3.8) is 0 Å². The van der Waals surface area contributed by atoms with E-state index in [0.717, 1.165) is 24.8 Å². The molecule has 1 aliphatic carbocycles. The molecule has 0 aliphatic heterocycles. The van der Waals surface area contributed by atoms with Crippen LogP contribution in [-0.4, -0.2) is 0 Å². The van der Waals surface area contributed by atoms with Gasteiger partial charge in [-0.15, -0.1) is 5.76 Å². The quantitative estimate of drug-likeness (QED) is 0.460.